The highest BCUT2D eigenvalue weighted by Gasteiger charge is 2.02. The van der Waals surface area contributed by atoms with Gasteiger partial charge in [-0.25, -0.2) is 4.98 Å². The number of nitrogens with one attached hydrogen (secondary N) is 1. The Morgan fingerprint density at radius 3 is 2.93 bits per heavy atom. The van der Waals surface area contributed by atoms with Crippen LogP contribution in [0.1, 0.15) is 30.7 Å². The van der Waals surface area contributed by atoms with Gasteiger partial charge in [-0.2, -0.15) is 0 Å². The van der Waals surface area contributed by atoms with Gasteiger partial charge in [0.15, 0.2) is 0 Å². The molecule has 1 aromatic heterocycles. The number of aryl methyl sites for hydroxylation is 1. The van der Waals surface area contributed by atoms with E-state index in [0.29, 0.717) is 0 Å². The van der Waals surface area contributed by atoms with Crippen molar-refractivity contribution in [2.75, 3.05) is 13.2 Å². The molecule has 1 N–H and O–H groups in total. The highest BCUT2D eigenvalue weighted by molar-refractivity contribution is 7.11. The minimum Gasteiger partial charge on any atom is -0.377 e. The molecule has 4 heteroatoms. The first-order valence-electron chi connectivity index (χ1n) is 5.52. The zero-order valence-corrected chi connectivity index (χ0v) is 10.6. The van der Waals surface area contributed by atoms with Gasteiger partial charge in [-0.05, 0) is 20.3 Å². The van der Waals surface area contributed by atoms with Gasteiger partial charge in [0.05, 0.1) is 11.1 Å². The summed E-state index contributed by atoms with van der Waals surface area (Å²) in [6.07, 6.45) is 3.27. The van der Waals surface area contributed by atoms with Crippen molar-refractivity contribution >= 4 is 11.3 Å². The number of ether oxygens (including phenoxy) is 1. The maximum Gasteiger partial charge on any atom is 0.0925 e. The lowest BCUT2D eigenvalue weighted by Gasteiger charge is -2.11. The van der Waals surface area contributed by atoms with Crippen molar-refractivity contribution in [2.45, 2.75) is 39.8 Å². The predicted octanol–water partition coefficient (Wildman–Crippen LogP) is 2.22. The summed E-state index contributed by atoms with van der Waals surface area (Å²) in [6.45, 7) is 8.81. The Morgan fingerprint density at radius 1 is 1.53 bits per heavy atom. The van der Waals surface area contributed by atoms with Gasteiger partial charge in [0, 0.05) is 30.8 Å². The third-order valence-electron chi connectivity index (χ3n) is 2.09. The van der Waals surface area contributed by atoms with Crippen LogP contribution < -0.4 is 5.32 Å². The topological polar surface area (TPSA) is 34.1 Å². The highest BCUT2D eigenvalue weighted by Crippen LogP contribution is 2.12. The molecule has 1 unspecified atom stereocenters. The molecule has 0 aliphatic rings. The normalized spacial score (nSPS) is 13.0. The van der Waals surface area contributed by atoms with Crippen LogP contribution in [0.15, 0.2) is 6.20 Å². The average Bonchev–Trinajstić information content (AvgIpc) is 2.66. The Bertz CT molecular complexity index is 275. The van der Waals surface area contributed by atoms with Crippen LogP contribution in [0.2, 0.25) is 0 Å². The Labute approximate surface area is 95.9 Å². The molecule has 1 heterocycles. The van der Waals surface area contributed by atoms with E-state index in [9.17, 15) is 0 Å². The molecule has 0 aromatic carbocycles. The molecule has 15 heavy (non-hydrogen) atoms. The van der Waals surface area contributed by atoms with Crippen LogP contribution in [0.5, 0.6) is 0 Å². The molecule has 1 aromatic rings. The summed E-state index contributed by atoms with van der Waals surface area (Å²) in [5.41, 5.74) is 0. The van der Waals surface area contributed by atoms with Crippen molar-refractivity contribution in [3.8, 4) is 0 Å². The largest absolute Gasteiger partial charge is 0.377 e. The molecule has 3 nitrogen and oxygen atoms in total. The van der Waals surface area contributed by atoms with Gasteiger partial charge in [-0.1, -0.05) is 6.92 Å². The van der Waals surface area contributed by atoms with Gasteiger partial charge in [0.1, 0.15) is 0 Å². The zero-order chi connectivity index (χ0) is 11.1. The minimum absolute atomic E-state index is 0.286. The third kappa shape index (κ3) is 4.73. The zero-order valence-electron chi connectivity index (χ0n) is 9.75. The molecule has 1 atom stereocenters. The number of hydrogen-bond acceptors (Lipinski definition) is 4. The fourth-order valence-electron chi connectivity index (χ4n) is 1.34. The van der Waals surface area contributed by atoms with Gasteiger partial charge >= 0.3 is 0 Å². The van der Waals surface area contributed by atoms with Gasteiger partial charge in [0.2, 0.25) is 0 Å². The number of aromatic nitrogens is 1. The summed E-state index contributed by atoms with van der Waals surface area (Å²) in [5.74, 6) is 0. The van der Waals surface area contributed by atoms with Gasteiger partial charge in [0.25, 0.3) is 0 Å². The molecule has 0 radical (unpaired) electrons. The van der Waals surface area contributed by atoms with E-state index in [4.69, 9.17) is 4.74 Å². The molecule has 0 amide bonds. The Hall–Kier alpha value is -0.450. The maximum absolute atomic E-state index is 5.43. The first-order valence-corrected chi connectivity index (χ1v) is 6.33. The van der Waals surface area contributed by atoms with E-state index in [1.165, 1.54) is 9.88 Å². The van der Waals surface area contributed by atoms with Crippen molar-refractivity contribution in [1.29, 1.82) is 0 Å². The summed E-state index contributed by atoms with van der Waals surface area (Å²) in [7, 11) is 0. The monoisotopic (exact) mass is 228 g/mol. The predicted molar refractivity (Wildman–Crippen MR) is 64.3 cm³/mol. The summed E-state index contributed by atoms with van der Waals surface area (Å²) in [6, 6.07) is 0. The van der Waals surface area contributed by atoms with E-state index in [2.05, 4.69) is 24.1 Å². The Balaban J connectivity index is 2.19. The van der Waals surface area contributed by atoms with Crippen molar-refractivity contribution in [1.82, 2.24) is 10.3 Å². The lowest BCUT2D eigenvalue weighted by atomic mass is 10.4. The van der Waals surface area contributed by atoms with Crippen molar-refractivity contribution in [3.05, 3.63) is 16.1 Å². The minimum atomic E-state index is 0.286. The van der Waals surface area contributed by atoms with Crippen LogP contribution in [0.4, 0.5) is 0 Å². The molecule has 0 bridgehead atoms. The fourth-order valence-corrected chi connectivity index (χ4v) is 2.17. The lowest BCUT2D eigenvalue weighted by molar-refractivity contribution is 0.0760. The van der Waals surface area contributed by atoms with Crippen LogP contribution in [0.3, 0.4) is 0 Å². The van der Waals surface area contributed by atoms with Crippen molar-refractivity contribution < 1.29 is 4.74 Å². The summed E-state index contributed by atoms with van der Waals surface area (Å²) in [4.78, 5) is 5.62. The molecule has 0 aliphatic carbocycles. The quantitative estimate of drug-likeness (QED) is 0.777. The number of hydrogen-bond donors (Lipinski definition) is 1. The van der Waals surface area contributed by atoms with Gasteiger partial charge in [-0.15, -0.1) is 11.3 Å². The molecule has 0 spiro atoms. The van der Waals surface area contributed by atoms with E-state index >= 15 is 0 Å². The summed E-state index contributed by atoms with van der Waals surface area (Å²) < 4.78 is 5.43. The number of nitrogens with zero attached hydrogens (tertiary/aromatic N) is 1. The summed E-state index contributed by atoms with van der Waals surface area (Å²) >= 11 is 1.78. The second-order valence-electron chi connectivity index (χ2n) is 3.47. The van der Waals surface area contributed by atoms with E-state index in [1.54, 1.807) is 11.3 Å². The first kappa shape index (κ1) is 12.6. The van der Waals surface area contributed by atoms with Crippen LogP contribution in [0.25, 0.3) is 0 Å². The van der Waals surface area contributed by atoms with Crippen LogP contribution in [-0.2, 0) is 17.7 Å². The molecule has 0 aliphatic heterocycles. The van der Waals surface area contributed by atoms with E-state index in [-0.39, 0.29) is 6.10 Å². The summed E-state index contributed by atoms with van der Waals surface area (Å²) in [5, 5.41) is 4.58. The molecule has 0 fully saturated rings. The van der Waals surface area contributed by atoms with Crippen LogP contribution in [-0.4, -0.2) is 24.2 Å². The van der Waals surface area contributed by atoms with E-state index in [0.717, 1.165) is 26.1 Å². The Morgan fingerprint density at radius 2 is 2.33 bits per heavy atom. The first-order chi connectivity index (χ1) is 7.26. The Kier molecular flexibility index (Phi) is 5.83. The van der Waals surface area contributed by atoms with Crippen LogP contribution >= 0.6 is 11.3 Å². The number of thiazole rings is 1. The number of rotatable bonds is 7. The van der Waals surface area contributed by atoms with Crippen LogP contribution in [0, 0.1) is 0 Å². The molecule has 1 rings (SSSR count). The van der Waals surface area contributed by atoms with E-state index < -0.39 is 0 Å². The third-order valence-corrected chi connectivity index (χ3v) is 3.23. The molecular formula is C11H20N2OS. The van der Waals surface area contributed by atoms with Gasteiger partial charge < -0.3 is 10.1 Å². The fraction of sp³-hybridized carbons (Fsp3) is 0.727. The SMILES string of the molecule is CCOC(C)CNCc1cnc(CC)s1. The lowest BCUT2D eigenvalue weighted by Crippen LogP contribution is -2.26. The van der Waals surface area contributed by atoms with Crippen molar-refractivity contribution in [3.63, 3.8) is 0 Å². The van der Waals surface area contributed by atoms with Gasteiger partial charge in [-0.3, -0.25) is 0 Å². The smallest absolute Gasteiger partial charge is 0.0925 e. The second kappa shape index (κ2) is 6.93. The second-order valence-corrected chi connectivity index (χ2v) is 4.67. The van der Waals surface area contributed by atoms with Crippen molar-refractivity contribution in [2.24, 2.45) is 0 Å². The molecule has 0 saturated heterocycles. The highest BCUT2D eigenvalue weighted by atomic mass is 32.1. The maximum atomic E-state index is 5.43. The average molecular weight is 228 g/mol. The molecular weight excluding hydrogens is 208 g/mol. The molecule has 0 saturated carbocycles. The standard InChI is InChI=1S/C11H20N2OS/c1-4-11-13-8-10(15-11)7-12-6-9(3)14-5-2/h8-9,12H,4-7H2,1-3H3. The molecule has 86 valence electrons. The van der Waals surface area contributed by atoms with E-state index in [1.807, 2.05) is 13.1 Å².